The lowest BCUT2D eigenvalue weighted by molar-refractivity contribution is -0.137. The Morgan fingerprint density at radius 3 is 2.39 bits per heavy atom. The van der Waals surface area contributed by atoms with Crippen LogP contribution in [-0.2, 0) is 6.18 Å². The quantitative estimate of drug-likeness (QED) is 0.508. The Hall–Kier alpha value is -2.94. The molecule has 1 amide bonds. The van der Waals surface area contributed by atoms with Crippen LogP contribution in [0.4, 0.5) is 23.4 Å². The zero-order valence-corrected chi connectivity index (χ0v) is 17.2. The molecule has 0 aliphatic carbocycles. The minimum Gasteiger partial charge on any atom is -0.355 e. The average Bonchev–Trinajstić information content (AvgIpc) is 3.11. The van der Waals surface area contributed by atoms with Gasteiger partial charge in [0.25, 0.3) is 5.91 Å². The molecule has 31 heavy (non-hydrogen) atoms. The number of carbonyl (C=O) groups excluding carboxylic acids is 1. The van der Waals surface area contributed by atoms with Crippen LogP contribution in [0.2, 0.25) is 0 Å². The zero-order chi connectivity index (χ0) is 22.0. The molecular formula is C22H19F4N3OS. The van der Waals surface area contributed by atoms with Gasteiger partial charge in [0.05, 0.1) is 10.4 Å². The number of alkyl halides is 3. The molecule has 0 atom stereocenters. The van der Waals surface area contributed by atoms with Gasteiger partial charge in [-0.2, -0.15) is 13.2 Å². The molecule has 0 unspecified atom stereocenters. The number of hydrogen-bond acceptors (Lipinski definition) is 4. The molecule has 0 N–H and O–H groups in total. The lowest BCUT2D eigenvalue weighted by Gasteiger charge is -2.23. The summed E-state index contributed by atoms with van der Waals surface area (Å²) in [7, 11) is 0. The van der Waals surface area contributed by atoms with E-state index in [-0.39, 0.29) is 11.7 Å². The molecule has 0 saturated carbocycles. The summed E-state index contributed by atoms with van der Waals surface area (Å²) >= 11 is 1.36. The van der Waals surface area contributed by atoms with Gasteiger partial charge in [-0.15, -0.1) is 11.3 Å². The van der Waals surface area contributed by atoms with E-state index in [9.17, 15) is 22.4 Å². The number of pyridine rings is 1. The van der Waals surface area contributed by atoms with Crippen LogP contribution >= 0.6 is 11.3 Å². The number of carbonyl (C=O) groups is 1. The highest BCUT2D eigenvalue weighted by Crippen LogP contribution is 2.31. The number of nitrogens with zero attached hydrogens (tertiary/aromatic N) is 3. The van der Waals surface area contributed by atoms with Gasteiger partial charge in [-0.05, 0) is 48.4 Å². The van der Waals surface area contributed by atoms with Crippen molar-refractivity contribution in [2.45, 2.75) is 12.6 Å². The third-order valence-corrected chi connectivity index (χ3v) is 6.25. The Morgan fingerprint density at radius 2 is 1.71 bits per heavy atom. The largest absolute Gasteiger partial charge is 0.417 e. The van der Waals surface area contributed by atoms with E-state index in [0.29, 0.717) is 43.3 Å². The Labute approximate surface area is 180 Å². The van der Waals surface area contributed by atoms with Crippen LogP contribution in [0.3, 0.4) is 0 Å². The number of anilines is 1. The lowest BCUT2D eigenvalue weighted by Crippen LogP contribution is -2.35. The molecule has 1 saturated heterocycles. The second-order valence-electron chi connectivity index (χ2n) is 7.21. The van der Waals surface area contributed by atoms with E-state index in [4.69, 9.17) is 0 Å². The predicted octanol–water partition coefficient (Wildman–Crippen LogP) is 5.32. The van der Waals surface area contributed by atoms with E-state index in [1.54, 1.807) is 23.1 Å². The first-order chi connectivity index (χ1) is 14.8. The first-order valence-electron chi connectivity index (χ1n) is 9.74. The maximum absolute atomic E-state index is 13.1. The molecule has 4 nitrogen and oxygen atoms in total. The van der Waals surface area contributed by atoms with Gasteiger partial charge in [0, 0.05) is 37.3 Å². The molecule has 1 aliphatic heterocycles. The van der Waals surface area contributed by atoms with Gasteiger partial charge in [-0.3, -0.25) is 4.79 Å². The van der Waals surface area contributed by atoms with E-state index < -0.39 is 11.7 Å². The molecule has 3 heterocycles. The zero-order valence-electron chi connectivity index (χ0n) is 16.4. The molecule has 0 bridgehead atoms. The molecule has 1 fully saturated rings. The fraction of sp³-hybridized carbons (Fsp3) is 0.273. The van der Waals surface area contributed by atoms with Gasteiger partial charge >= 0.3 is 6.18 Å². The van der Waals surface area contributed by atoms with E-state index >= 15 is 0 Å². The predicted molar refractivity (Wildman–Crippen MR) is 112 cm³/mol. The molecule has 3 aromatic rings. The number of thiophene rings is 1. The van der Waals surface area contributed by atoms with Crippen LogP contribution in [0.1, 0.15) is 21.7 Å². The Morgan fingerprint density at radius 1 is 0.935 bits per heavy atom. The molecule has 162 valence electrons. The van der Waals surface area contributed by atoms with Crippen molar-refractivity contribution in [3.63, 3.8) is 0 Å². The van der Waals surface area contributed by atoms with E-state index in [1.165, 1.54) is 29.5 Å². The number of halogens is 4. The van der Waals surface area contributed by atoms with Gasteiger partial charge in [0.15, 0.2) is 0 Å². The summed E-state index contributed by atoms with van der Waals surface area (Å²) in [5.41, 5.74) is 0.0680. The summed E-state index contributed by atoms with van der Waals surface area (Å²) in [6.07, 6.45) is -2.89. The fourth-order valence-corrected chi connectivity index (χ4v) is 4.45. The number of hydrogen-bond donors (Lipinski definition) is 0. The normalized spacial score (nSPS) is 15.1. The van der Waals surface area contributed by atoms with Crippen molar-refractivity contribution in [1.82, 2.24) is 9.88 Å². The summed E-state index contributed by atoms with van der Waals surface area (Å²) < 4.78 is 51.4. The van der Waals surface area contributed by atoms with Crippen molar-refractivity contribution in [1.29, 1.82) is 0 Å². The number of aromatic nitrogens is 1. The molecule has 2 aromatic heterocycles. The smallest absolute Gasteiger partial charge is 0.355 e. The standard InChI is InChI=1S/C22H19F4N3OS/c23-17-5-2-15(3-6-17)18-7-8-19(31-18)21(30)29-11-1-10-28(12-13-29)20-9-4-16(14-27-20)22(24,25)26/h2-9,14H,1,10-13H2. The second kappa shape index (κ2) is 8.66. The third-order valence-electron chi connectivity index (χ3n) is 5.13. The van der Waals surface area contributed by atoms with Crippen molar-refractivity contribution >= 4 is 23.1 Å². The number of benzene rings is 1. The van der Waals surface area contributed by atoms with E-state index in [0.717, 1.165) is 22.7 Å². The highest BCUT2D eigenvalue weighted by Gasteiger charge is 2.31. The summed E-state index contributed by atoms with van der Waals surface area (Å²) in [5, 5.41) is 0. The molecule has 0 spiro atoms. The molecule has 9 heteroatoms. The summed E-state index contributed by atoms with van der Waals surface area (Å²) in [6.45, 7) is 2.10. The first-order valence-corrected chi connectivity index (χ1v) is 10.6. The van der Waals surface area contributed by atoms with Gasteiger partial charge in [0.1, 0.15) is 11.6 Å². The fourth-order valence-electron chi connectivity index (χ4n) is 3.47. The maximum Gasteiger partial charge on any atom is 0.417 e. The monoisotopic (exact) mass is 449 g/mol. The topological polar surface area (TPSA) is 36.4 Å². The SMILES string of the molecule is O=C(c1ccc(-c2ccc(F)cc2)s1)N1CCCN(c2ccc(C(F)(F)F)cn2)CC1. The first kappa shape index (κ1) is 21.3. The maximum atomic E-state index is 13.1. The minimum atomic E-state index is -4.42. The van der Waals surface area contributed by atoms with Crippen molar-refractivity contribution in [3.05, 3.63) is 71.0 Å². The molecular weight excluding hydrogens is 430 g/mol. The number of rotatable bonds is 3. The van der Waals surface area contributed by atoms with E-state index in [2.05, 4.69) is 4.98 Å². The van der Waals surface area contributed by atoms with Crippen molar-refractivity contribution in [3.8, 4) is 10.4 Å². The summed E-state index contributed by atoms with van der Waals surface area (Å²) in [5.74, 6) is 0.0749. The van der Waals surface area contributed by atoms with Crippen LogP contribution in [-0.4, -0.2) is 42.0 Å². The second-order valence-corrected chi connectivity index (χ2v) is 8.29. The van der Waals surface area contributed by atoms with Crippen LogP contribution in [0.25, 0.3) is 10.4 Å². The van der Waals surface area contributed by atoms with Crippen LogP contribution < -0.4 is 4.90 Å². The van der Waals surface area contributed by atoms with Crippen LogP contribution in [0.5, 0.6) is 0 Å². The van der Waals surface area contributed by atoms with Gasteiger partial charge in [0.2, 0.25) is 0 Å². The Balaban J connectivity index is 1.42. The van der Waals surface area contributed by atoms with Gasteiger partial charge in [-0.25, -0.2) is 9.37 Å². The Bertz CT molecular complexity index is 1050. The van der Waals surface area contributed by atoms with Gasteiger partial charge in [-0.1, -0.05) is 12.1 Å². The third kappa shape index (κ3) is 4.87. The average molecular weight is 449 g/mol. The van der Waals surface area contributed by atoms with Crippen molar-refractivity contribution in [2.24, 2.45) is 0 Å². The molecule has 1 aromatic carbocycles. The van der Waals surface area contributed by atoms with Crippen molar-refractivity contribution in [2.75, 3.05) is 31.1 Å². The minimum absolute atomic E-state index is 0.0828. The lowest BCUT2D eigenvalue weighted by atomic mass is 10.2. The van der Waals surface area contributed by atoms with Gasteiger partial charge < -0.3 is 9.80 Å². The van der Waals surface area contributed by atoms with Crippen LogP contribution in [0, 0.1) is 5.82 Å². The van der Waals surface area contributed by atoms with E-state index in [1.807, 2.05) is 11.0 Å². The molecule has 4 rings (SSSR count). The molecule has 0 radical (unpaired) electrons. The van der Waals surface area contributed by atoms with Crippen LogP contribution in [0.15, 0.2) is 54.7 Å². The summed E-state index contributed by atoms with van der Waals surface area (Å²) in [4.78, 5) is 22.1. The Kier molecular flexibility index (Phi) is 5.95. The van der Waals surface area contributed by atoms with Crippen molar-refractivity contribution < 1.29 is 22.4 Å². The number of amides is 1. The summed E-state index contributed by atoms with van der Waals surface area (Å²) in [6, 6.07) is 12.1. The highest BCUT2D eigenvalue weighted by atomic mass is 32.1. The highest BCUT2D eigenvalue weighted by molar-refractivity contribution is 7.17. The molecule has 1 aliphatic rings.